The summed E-state index contributed by atoms with van der Waals surface area (Å²) in [6.07, 6.45) is 11.3. The van der Waals surface area contributed by atoms with E-state index in [0.717, 1.165) is 29.8 Å². The molecule has 88 heavy (non-hydrogen) atoms. The Kier molecular flexibility index (Phi) is 13.5. The Morgan fingerprint density at radius 2 is 0.841 bits per heavy atom. The molecule has 0 amide bonds. The van der Waals surface area contributed by atoms with Gasteiger partial charge in [0.05, 0.1) is 22.2 Å². The van der Waals surface area contributed by atoms with Crippen LogP contribution in [0.4, 0.5) is 0 Å². The van der Waals surface area contributed by atoms with Crippen LogP contribution in [0.3, 0.4) is 0 Å². The standard InChI is InChI=1S/C85H60N2S/c1-2-10-36-64(35-9-1)76-58-74(88(71-41-21-8-22-42-71,72-43-25-39-66(53-72)60-27-11-3-12-28-60)73-44-26-40-67(54-73)61-29-13-4-14-30-61)59-77(65-37-19-7-20-38-65)85(76)87-83-51-48-69(63-33-17-6-18-34-63)56-79(83)80-57-70(49-52-84(80)87)86-81-46-24-23-45-75(81)78-55-68(47-50-82(78)86)62-31-15-5-16-32-62/h1,3-9,11-35,37-47,49-50,52-59H,36,48,51H2. The first-order valence-corrected chi connectivity index (χ1v) is 32.1. The third-order valence-corrected chi connectivity index (χ3v) is 21.7. The van der Waals surface area contributed by atoms with Crippen LogP contribution in [-0.4, -0.2) is 9.13 Å². The molecule has 0 saturated carbocycles. The van der Waals surface area contributed by atoms with Crippen LogP contribution in [0, 0.1) is 11.8 Å². The van der Waals surface area contributed by atoms with Crippen molar-refractivity contribution in [2.75, 3.05) is 0 Å². The first-order chi connectivity index (χ1) is 43.7. The number of benzene rings is 12. The lowest BCUT2D eigenvalue weighted by molar-refractivity contribution is 0.896. The lowest BCUT2D eigenvalue weighted by atomic mass is 9.90. The van der Waals surface area contributed by atoms with E-state index < -0.39 is 10.0 Å². The molecule has 0 spiro atoms. The molecule has 2 nitrogen and oxygen atoms in total. The highest BCUT2D eigenvalue weighted by Gasteiger charge is 2.37. The molecular formula is C85H60N2S. The molecule has 0 fully saturated rings. The Morgan fingerprint density at radius 1 is 0.330 bits per heavy atom. The summed E-state index contributed by atoms with van der Waals surface area (Å²) in [5, 5.41) is 3.69. The number of hydrogen-bond donors (Lipinski definition) is 0. The van der Waals surface area contributed by atoms with Gasteiger partial charge in [0.1, 0.15) is 0 Å². The highest BCUT2D eigenvalue weighted by atomic mass is 32.3. The van der Waals surface area contributed by atoms with Gasteiger partial charge in [-0.1, -0.05) is 242 Å². The van der Waals surface area contributed by atoms with Gasteiger partial charge in [-0.2, -0.15) is 0 Å². The van der Waals surface area contributed by atoms with Gasteiger partial charge < -0.3 is 9.13 Å². The van der Waals surface area contributed by atoms with Crippen molar-refractivity contribution in [3.63, 3.8) is 0 Å². The van der Waals surface area contributed by atoms with Gasteiger partial charge in [-0.25, -0.2) is 0 Å². The number of hydrogen-bond acceptors (Lipinski definition) is 0. The topological polar surface area (TPSA) is 9.86 Å². The van der Waals surface area contributed by atoms with Crippen LogP contribution < -0.4 is 0 Å². The quantitative estimate of drug-likeness (QED) is 0.108. The minimum atomic E-state index is -2.34. The van der Waals surface area contributed by atoms with E-state index in [1.54, 1.807) is 0 Å². The lowest BCUT2D eigenvalue weighted by Gasteiger charge is -2.43. The summed E-state index contributed by atoms with van der Waals surface area (Å²) >= 11 is 0. The van der Waals surface area contributed by atoms with Gasteiger partial charge in [-0.15, -0.1) is 10.0 Å². The fraction of sp³-hybridized carbons (Fsp3) is 0.0353. The van der Waals surface area contributed by atoms with Gasteiger partial charge in [0.15, 0.2) is 0 Å². The Labute approximate surface area is 516 Å². The molecule has 12 aromatic carbocycles. The van der Waals surface area contributed by atoms with E-state index in [1.165, 1.54) is 125 Å². The fourth-order valence-electron chi connectivity index (χ4n) is 13.8. The highest BCUT2D eigenvalue weighted by molar-refractivity contribution is 8.34. The first-order valence-electron chi connectivity index (χ1n) is 30.5. The molecule has 0 unspecified atom stereocenters. The average Bonchev–Trinajstić information content (AvgIpc) is 1.23. The van der Waals surface area contributed by atoms with E-state index in [9.17, 15) is 0 Å². The average molecular weight is 1140 g/mol. The summed E-state index contributed by atoms with van der Waals surface area (Å²) in [5.41, 5.74) is 22.8. The molecule has 0 saturated heterocycles. The summed E-state index contributed by atoms with van der Waals surface area (Å²) in [5.74, 6) is 6.98. The molecular weight excluding hydrogens is 1080 g/mol. The molecule has 2 aliphatic carbocycles. The van der Waals surface area contributed by atoms with Crippen LogP contribution in [0.25, 0.3) is 106 Å². The zero-order valence-corrected chi connectivity index (χ0v) is 49.4. The van der Waals surface area contributed by atoms with Crippen molar-refractivity contribution in [3.05, 3.63) is 344 Å². The van der Waals surface area contributed by atoms with E-state index in [4.69, 9.17) is 0 Å². The van der Waals surface area contributed by atoms with Crippen LogP contribution in [0.1, 0.15) is 35.2 Å². The van der Waals surface area contributed by atoms with Crippen LogP contribution in [0.15, 0.2) is 341 Å². The third-order valence-electron chi connectivity index (χ3n) is 17.9. The van der Waals surface area contributed by atoms with Gasteiger partial charge in [0, 0.05) is 70.2 Å². The summed E-state index contributed by atoms with van der Waals surface area (Å²) in [6.45, 7) is 0. The van der Waals surface area contributed by atoms with E-state index in [1.807, 2.05) is 6.08 Å². The Morgan fingerprint density at radius 3 is 1.49 bits per heavy atom. The first kappa shape index (κ1) is 52.6. The van der Waals surface area contributed by atoms with Crippen LogP contribution >= 0.6 is 10.0 Å². The van der Waals surface area contributed by atoms with Crippen molar-refractivity contribution in [2.45, 2.75) is 38.8 Å². The molecule has 2 aromatic heterocycles. The van der Waals surface area contributed by atoms with E-state index in [2.05, 4.69) is 343 Å². The predicted molar refractivity (Wildman–Crippen MR) is 371 cm³/mol. The van der Waals surface area contributed by atoms with Gasteiger partial charge in [-0.05, 0) is 166 Å². The second-order valence-corrected chi connectivity index (χ2v) is 26.0. The van der Waals surface area contributed by atoms with Crippen LogP contribution in [0.5, 0.6) is 0 Å². The van der Waals surface area contributed by atoms with Crippen molar-refractivity contribution >= 4 is 60.0 Å². The van der Waals surface area contributed by atoms with Crippen molar-refractivity contribution in [3.8, 4) is 67.7 Å². The Hall–Kier alpha value is -10.9. The number of nitrogens with zero attached hydrogens (tertiary/aromatic N) is 2. The second kappa shape index (κ2) is 22.5. The van der Waals surface area contributed by atoms with E-state index >= 15 is 0 Å². The molecule has 14 aromatic rings. The fourth-order valence-corrected chi connectivity index (χ4v) is 17.8. The molecule has 2 heterocycles. The third kappa shape index (κ3) is 9.17. The molecule has 0 atom stereocenters. The van der Waals surface area contributed by atoms with Gasteiger partial charge >= 0.3 is 0 Å². The second-order valence-electron chi connectivity index (χ2n) is 22.9. The minimum absolute atomic E-state index is 0.585. The zero-order chi connectivity index (χ0) is 58.4. The van der Waals surface area contributed by atoms with Crippen LogP contribution in [-0.2, 0) is 6.42 Å². The smallest absolute Gasteiger partial charge is 0.0613 e. The summed E-state index contributed by atoms with van der Waals surface area (Å²) in [7, 11) is -2.34. The van der Waals surface area contributed by atoms with E-state index in [0.29, 0.717) is 6.42 Å². The maximum absolute atomic E-state index is 3.60. The van der Waals surface area contributed by atoms with E-state index in [-0.39, 0.29) is 0 Å². The number of aromatic nitrogens is 2. The maximum atomic E-state index is 3.60. The predicted octanol–water partition coefficient (Wildman–Crippen LogP) is 22.6. The zero-order valence-electron chi connectivity index (χ0n) is 48.6. The molecule has 2 aliphatic rings. The number of fused-ring (bicyclic) bond motifs is 6. The summed E-state index contributed by atoms with van der Waals surface area (Å²) in [4.78, 5) is 5.02. The summed E-state index contributed by atoms with van der Waals surface area (Å²) in [6, 6.07) is 113. The maximum Gasteiger partial charge on any atom is 0.0613 e. The van der Waals surface area contributed by atoms with Crippen molar-refractivity contribution in [1.82, 2.24) is 9.13 Å². The minimum Gasteiger partial charge on any atom is -0.312 e. The number of para-hydroxylation sites is 1. The molecule has 0 radical (unpaired) electrons. The molecule has 3 heteroatoms. The largest absolute Gasteiger partial charge is 0.312 e. The number of allylic oxidation sites excluding steroid dienone is 5. The van der Waals surface area contributed by atoms with Gasteiger partial charge in [0.25, 0.3) is 0 Å². The summed E-state index contributed by atoms with van der Waals surface area (Å²) < 4.78 is 5.15. The lowest BCUT2D eigenvalue weighted by Crippen LogP contribution is -2.12. The molecule has 0 bridgehead atoms. The Bertz CT molecular complexity index is 5050. The normalized spacial score (nSPS) is 13.1. The van der Waals surface area contributed by atoms with Crippen molar-refractivity contribution in [1.29, 1.82) is 0 Å². The molecule has 0 aliphatic heterocycles. The van der Waals surface area contributed by atoms with Crippen molar-refractivity contribution in [2.24, 2.45) is 0 Å². The number of rotatable bonds is 12. The van der Waals surface area contributed by atoms with Crippen LogP contribution in [0.2, 0.25) is 0 Å². The monoisotopic (exact) mass is 1140 g/mol. The van der Waals surface area contributed by atoms with Crippen molar-refractivity contribution < 1.29 is 0 Å². The highest BCUT2D eigenvalue weighted by Crippen LogP contribution is 2.74. The van der Waals surface area contributed by atoms with Gasteiger partial charge in [0.2, 0.25) is 0 Å². The molecule has 0 N–H and O–H groups in total. The Balaban J connectivity index is 1.02. The molecule has 416 valence electrons. The molecule has 16 rings (SSSR count). The van der Waals surface area contributed by atoms with Gasteiger partial charge in [-0.3, -0.25) is 0 Å². The SMILES string of the molecule is C1#CCC(c2cc(S(c3ccccc3)(c3cccc(-c4ccccc4)c3)c3cccc(-c4ccccc4)c3)cc(-c3ccccc3)c2-n2c3c(c4cc(-n5c6ccccc6c6cc(-c7ccccc7)ccc65)ccc42)C=C(c2ccccc2)CC3)=CC=C1.